The van der Waals surface area contributed by atoms with Crippen LogP contribution in [-0.4, -0.2) is 34.7 Å². The maximum atomic E-state index is 13.4. The van der Waals surface area contributed by atoms with Crippen LogP contribution >= 0.6 is 39.1 Å². The van der Waals surface area contributed by atoms with E-state index in [1.54, 1.807) is 0 Å². The summed E-state index contributed by atoms with van der Waals surface area (Å²) in [5.41, 5.74) is -0.0406. The van der Waals surface area contributed by atoms with Crippen LogP contribution in [0.3, 0.4) is 0 Å². The second-order valence-electron chi connectivity index (χ2n) is 6.69. The quantitative estimate of drug-likeness (QED) is 0.625. The van der Waals surface area contributed by atoms with E-state index in [1.165, 1.54) is 23.1 Å². The molecule has 2 fully saturated rings. The number of carbonyl (C=O) groups excluding carboxylic acids is 3. The fourth-order valence-electron chi connectivity index (χ4n) is 3.73. The van der Waals surface area contributed by atoms with Crippen molar-refractivity contribution in [1.82, 2.24) is 4.90 Å². The van der Waals surface area contributed by atoms with E-state index in [-0.39, 0.29) is 25.2 Å². The monoisotopic (exact) mass is 466 g/mol. The van der Waals surface area contributed by atoms with E-state index >= 15 is 0 Å². The van der Waals surface area contributed by atoms with Crippen molar-refractivity contribution in [1.29, 1.82) is 0 Å². The number of halogens is 3. The smallest absolute Gasteiger partial charge is 0.301 e. The molecule has 5 nitrogen and oxygen atoms in total. The Bertz CT molecular complexity index is 959. The molecule has 2 heterocycles. The van der Waals surface area contributed by atoms with Gasteiger partial charge >= 0.3 is 6.03 Å². The van der Waals surface area contributed by atoms with Gasteiger partial charge in [-0.25, -0.2) is 9.69 Å². The minimum atomic E-state index is -1.21. The lowest BCUT2D eigenvalue weighted by molar-refractivity contribution is -0.125. The SMILES string of the molecule is O=C1CN2C(=O)N(c3cc(Cl)cc(Cl)c3)C(=O)[C@]2(Cc2ccc(Br)cc2)C1. The number of hydrogen-bond donors (Lipinski definition) is 0. The number of fused-ring (bicyclic) bond motifs is 1. The Morgan fingerprint density at radius 2 is 1.63 bits per heavy atom. The van der Waals surface area contributed by atoms with Crippen LogP contribution in [0.15, 0.2) is 46.9 Å². The van der Waals surface area contributed by atoms with Gasteiger partial charge in [0, 0.05) is 27.4 Å². The van der Waals surface area contributed by atoms with Crippen molar-refractivity contribution >= 4 is 62.5 Å². The number of Topliss-reactive ketones (excluding diaryl/α,β-unsaturated/α-hetero) is 1. The predicted molar refractivity (Wildman–Crippen MR) is 106 cm³/mol. The summed E-state index contributed by atoms with van der Waals surface area (Å²) in [5.74, 6) is -0.558. The maximum absolute atomic E-state index is 13.4. The predicted octanol–water partition coefficient (Wildman–Crippen LogP) is 4.48. The summed E-state index contributed by atoms with van der Waals surface area (Å²) in [5, 5.41) is 0.645. The molecule has 0 radical (unpaired) electrons. The number of ketones is 1. The maximum Gasteiger partial charge on any atom is 0.332 e. The van der Waals surface area contributed by atoms with Gasteiger partial charge in [-0.2, -0.15) is 0 Å². The summed E-state index contributed by atoms with van der Waals surface area (Å²) in [6.07, 6.45) is 0.264. The second-order valence-corrected chi connectivity index (χ2v) is 8.48. The van der Waals surface area contributed by atoms with Crippen molar-refractivity contribution in [2.45, 2.75) is 18.4 Å². The van der Waals surface area contributed by atoms with Crippen molar-refractivity contribution in [3.63, 3.8) is 0 Å². The van der Waals surface area contributed by atoms with E-state index in [0.29, 0.717) is 15.7 Å². The van der Waals surface area contributed by atoms with Crippen LogP contribution in [0.5, 0.6) is 0 Å². The van der Waals surface area contributed by atoms with Gasteiger partial charge in [0.2, 0.25) is 0 Å². The number of hydrogen-bond acceptors (Lipinski definition) is 3. The van der Waals surface area contributed by atoms with Crippen LogP contribution in [0.25, 0.3) is 0 Å². The zero-order valence-electron chi connectivity index (χ0n) is 13.9. The largest absolute Gasteiger partial charge is 0.332 e. The van der Waals surface area contributed by atoms with Crippen molar-refractivity contribution in [3.05, 3.63) is 62.5 Å². The Balaban J connectivity index is 1.77. The highest BCUT2D eigenvalue weighted by Gasteiger charge is 2.62. The highest BCUT2D eigenvalue weighted by molar-refractivity contribution is 9.10. The van der Waals surface area contributed by atoms with Crippen LogP contribution in [0, 0.1) is 0 Å². The van der Waals surface area contributed by atoms with Crippen molar-refractivity contribution in [2.24, 2.45) is 0 Å². The molecule has 2 aromatic rings. The van der Waals surface area contributed by atoms with Crippen molar-refractivity contribution in [3.8, 4) is 0 Å². The van der Waals surface area contributed by atoms with Gasteiger partial charge in [-0.15, -0.1) is 0 Å². The topological polar surface area (TPSA) is 57.7 Å². The molecule has 0 spiro atoms. The zero-order valence-corrected chi connectivity index (χ0v) is 17.0. The highest BCUT2D eigenvalue weighted by Crippen LogP contribution is 2.42. The fourth-order valence-corrected chi connectivity index (χ4v) is 4.51. The first-order chi connectivity index (χ1) is 12.8. The Morgan fingerprint density at radius 1 is 1.00 bits per heavy atom. The van der Waals surface area contributed by atoms with Crippen molar-refractivity contribution < 1.29 is 14.4 Å². The molecule has 2 aliphatic heterocycles. The number of imide groups is 1. The molecule has 138 valence electrons. The molecular formula is C19H13BrCl2N2O3. The van der Waals surface area contributed by atoms with Crippen LogP contribution in [0.4, 0.5) is 10.5 Å². The summed E-state index contributed by atoms with van der Waals surface area (Å²) >= 11 is 15.5. The fraction of sp³-hybridized carbons (Fsp3) is 0.211. The average Bonchev–Trinajstić information content (AvgIpc) is 3.01. The van der Waals surface area contributed by atoms with Gasteiger partial charge < -0.3 is 4.90 Å². The molecule has 0 unspecified atom stereocenters. The van der Waals surface area contributed by atoms with Gasteiger partial charge in [-0.1, -0.05) is 51.3 Å². The van der Waals surface area contributed by atoms with Gasteiger partial charge in [0.05, 0.1) is 12.2 Å². The summed E-state index contributed by atoms with van der Waals surface area (Å²) in [7, 11) is 0. The molecule has 0 bridgehead atoms. The Labute approximate surface area is 174 Å². The van der Waals surface area contributed by atoms with E-state index in [1.807, 2.05) is 24.3 Å². The Kier molecular flexibility index (Phi) is 4.53. The molecule has 0 aromatic heterocycles. The molecule has 27 heavy (non-hydrogen) atoms. The van der Waals surface area contributed by atoms with Gasteiger partial charge in [0.25, 0.3) is 5.91 Å². The molecule has 1 atom stereocenters. The minimum Gasteiger partial charge on any atom is -0.301 e. The van der Waals surface area contributed by atoms with E-state index in [0.717, 1.165) is 14.9 Å². The molecule has 2 aliphatic rings. The number of urea groups is 1. The first-order valence-electron chi connectivity index (χ1n) is 8.18. The van der Waals surface area contributed by atoms with Gasteiger partial charge in [-0.05, 0) is 35.9 Å². The molecular weight excluding hydrogens is 455 g/mol. The van der Waals surface area contributed by atoms with Gasteiger partial charge in [0.15, 0.2) is 5.78 Å². The summed E-state index contributed by atoms with van der Waals surface area (Å²) in [6.45, 7) is -0.0775. The van der Waals surface area contributed by atoms with E-state index in [9.17, 15) is 14.4 Å². The molecule has 2 saturated heterocycles. The first-order valence-corrected chi connectivity index (χ1v) is 9.73. The lowest BCUT2D eigenvalue weighted by Gasteiger charge is -2.27. The van der Waals surface area contributed by atoms with E-state index in [4.69, 9.17) is 23.2 Å². The molecule has 2 aromatic carbocycles. The van der Waals surface area contributed by atoms with E-state index in [2.05, 4.69) is 15.9 Å². The highest BCUT2D eigenvalue weighted by atomic mass is 79.9. The lowest BCUT2D eigenvalue weighted by atomic mass is 9.88. The molecule has 0 saturated carbocycles. The van der Waals surface area contributed by atoms with Gasteiger partial charge in [-0.3, -0.25) is 9.59 Å². The summed E-state index contributed by atoms with van der Waals surface area (Å²) in [4.78, 5) is 41.0. The molecule has 0 N–H and O–H groups in total. The molecule has 3 amide bonds. The number of benzene rings is 2. The van der Waals surface area contributed by atoms with Crippen molar-refractivity contribution in [2.75, 3.05) is 11.4 Å². The summed E-state index contributed by atoms with van der Waals surface area (Å²) < 4.78 is 0.909. The number of carbonyl (C=O) groups is 3. The van der Waals surface area contributed by atoms with Crippen LogP contribution in [-0.2, 0) is 16.0 Å². The first kappa shape index (κ1) is 18.5. The van der Waals surface area contributed by atoms with Gasteiger partial charge in [0.1, 0.15) is 5.54 Å². The third kappa shape index (κ3) is 3.06. The molecule has 0 aliphatic carbocycles. The number of nitrogens with zero attached hydrogens (tertiary/aromatic N) is 2. The van der Waals surface area contributed by atoms with Crippen LogP contribution in [0.1, 0.15) is 12.0 Å². The van der Waals surface area contributed by atoms with Crippen LogP contribution in [0.2, 0.25) is 10.0 Å². The molecule has 4 rings (SSSR count). The standard InChI is InChI=1S/C19H13BrCl2N2O3/c20-12-3-1-11(2-4-12)8-19-9-16(25)10-23(19)18(27)24(17(19)26)15-6-13(21)5-14(22)7-15/h1-7H,8-10H2/t19-/m0/s1. The minimum absolute atomic E-state index is 0.00155. The zero-order chi connectivity index (χ0) is 19.3. The van der Waals surface area contributed by atoms with Crippen LogP contribution < -0.4 is 4.90 Å². The Hall–Kier alpha value is -1.89. The Morgan fingerprint density at radius 3 is 2.26 bits per heavy atom. The normalized spacial score (nSPS) is 22.0. The lowest BCUT2D eigenvalue weighted by Crippen LogP contribution is -2.47. The average molecular weight is 468 g/mol. The second kappa shape index (κ2) is 6.62. The number of anilines is 1. The molecule has 8 heteroatoms. The third-order valence-corrected chi connectivity index (χ3v) is 5.84. The number of amides is 3. The third-order valence-electron chi connectivity index (χ3n) is 4.88. The summed E-state index contributed by atoms with van der Waals surface area (Å²) in [6, 6.07) is 11.5. The van der Waals surface area contributed by atoms with E-state index < -0.39 is 17.5 Å². The number of rotatable bonds is 3.